The molecule has 2 aliphatic carbocycles. The first-order valence-corrected chi connectivity index (χ1v) is 7.36. The fourth-order valence-electron chi connectivity index (χ4n) is 3.10. The Labute approximate surface area is 92.4 Å². The number of nitrogens with one attached hydrogen (secondary N) is 1. The summed E-state index contributed by atoms with van der Waals surface area (Å²) in [7, 11) is 0. The van der Waals surface area contributed by atoms with E-state index in [0.29, 0.717) is 0 Å². The average Bonchev–Trinajstić information content (AvgIpc) is 2.79. The van der Waals surface area contributed by atoms with Crippen LogP contribution in [0.3, 0.4) is 0 Å². The highest BCUT2D eigenvalue weighted by atomic mass is 32.2. The molecule has 2 aliphatic rings. The van der Waals surface area contributed by atoms with Crippen molar-refractivity contribution in [2.24, 2.45) is 11.8 Å². The summed E-state index contributed by atoms with van der Waals surface area (Å²) in [5.74, 6) is 4.74. The first-order valence-electron chi connectivity index (χ1n) is 6.21. The minimum Gasteiger partial charge on any atom is -0.314 e. The Hall–Kier alpha value is 0.310. The van der Waals surface area contributed by atoms with Gasteiger partial charge in [0.1, 0.15) is 0 Å². The topological polar surface area (TPSA) is 12.0 Å². The lowest BCUT2D eigenvalue weighted by atomic mass is 9.95. The van der Waals surface area contributed by atoms with Crippen molar-refractivity contribution in [2.45, 2.75) is 45.1 Å². The lowest BCUT2D eigenvalue weighted by molar-refractivity contribution is 0.353. The molecule has 3 unspecified atom stereocenters. The van der Waals surface area contributed by atoms with Gasteiger partial charge in [-0.3, -0.25) is 0 Å². The molecule has 3 atom stereocenters. The summed E-state index contributed by atoms with van der Waals surface area (Å²) in [5, 5.41) is 3.76. The molecule has 0 amide bonds. The van der Waals surface area contributed by atoms with E-state index in [1.165, 1.54) is 50.2 Å². The summed E-state index contributed by atoms with van der Waals surface area (Å²) in [6, 6.07) is 0.889. The smallest absolute Gasteiger partial charge is 0.00980 e. The normalized spacial score (nSPS) is 35.4. The van der Waals surface area contributed by atoms with Crippen molar-refractivity contribution >= 4 is 11.8 Å². The molecular weight excluding hydrogens is 190 g/mol. The lowest BCUT2D eigenvalue weighted by Gasteiger charge is -2.22. The van der Waals surface area contributed by atoms with Crippen LogP contribution in [0.5, 0.6) is 0 Å². The first kappa shape index (κ1) is 10.8. The standard InChI is InChI=1S/C12H23NS/c1-2-14-7-3-6-13-12-9-10-4-5-11(12)8-10/h10-13H,2-9H2,1H3. The molecule has 0 saturated heterocycles. The van der Waals surface area contributed by atoms with Crippen molar-refractivity contribution in [3.05, 3.63) is 0 Å². The number of rotatable bonds is 6. The summed E-state index contributed by atoms with van der Waals surface area (Å²) < 4.78 is 0. The zero-order valence-corrected chi connectivity index (χ0v) is 10.1. The predicted molar refractivity (Wildman–Crippen MR) is 64.9 cm³/mol. The van der Waals surface area contributed by atoms with Gasteiger partial charge >= 0.3 is 0 Å². The van der Waals surface area contributed by atoms with Crippen LogP contribution >= 0.6 is 11.8 Å². The maximum Gasteiger partial charge on any atom is 0.00980 e. The third-order valence-corrected chi connectivity index (χ3v) is 4.80. The highest BCUT2D eigenvalue weighted by Gasteiger charge is 2.38. The van der Waals surface area contributed by atoms with Gasteiger partial charge in [-0.1, -0.05) is 13.3 Å². The van der Waals surface area contributed by atoms with E-state index in [9.17, 15) is 0 Å². The lowest BCUT2D eigenvalue weighted by Crippen LogP contribution is -2.34. The number of thioether (sulfide) groups is 1. The molecule has 0 aromatic heterocycles. The van der Waals surface area contributed by atoms with E-state index in [2.05, 4.69) is 24.0 Å². The fraction of sp³-hybridized carbons (Fsp3) is 1.00. The monoisotopic (exact) mass is 213 g/mol. The van der Waals surface area contributed by atoms with Gasteiger partial charge in [-0.25, -0.2) is 0 Å². The average molecular weight is 213 g/mol. The van der Waals surface area contributed by atoms with Crippen LogP contribution < -0.4 is 5.32 Å². The first-order chi connectivity index (χ1) is 6.90. The van der Waals surface area contributed by atoms with Crippen molar-refractivity contribution < 1.29 is 0 Å². The van der Waals surface area contributed by atoms with Gasteiger partial charge in [0, 0.05) is 6.04 Å². The van der Waals surface area contributed by atoms with E-state index in [4.69, 9.17) is 0 Å². The molecule has 14 heavy (non-hydrogen) atoms. The van der Waals surface area contributed by atoms with E-state index in [0.717, 1.165) is 17.9 Å². The molecule has 0 aromatic rings. The summed E-state index contributed by atoms with van der Waals surface area (Å²) in [6.45, 7) is 3.49. The third-order valence-electron chi connectivity index (χ3n) is 3.81. The molecule has 1 nitrogen and oxygen atoms in total. The highest BCUT2D eigenvalue weighted by molar-refractivity contribution is 7.99. The minimum absolute atomic E-state index is 0.889. The quantitative estimate of drug-likeness (QED) is 0.681. The van der Waals surface area contributed by atoms with Crippen molar-refractivity contribution in [3.63, 3.8) is 0 Å². The van der Waals surface area contributed by atoms with Crippen LogP contribution in [0.1, 0.15) is 39.0 Å². The molecule has 0 aliphatic heterocycles. The van der Waals surface area contributed by atoms with E-state index in [-0.39, 0.29) is 0 Å². The number of hydrogen-bond acceptors (Lipinski definition) is 2. The van der Waals surface area contributed by atoms with Crippen LogP contribution in [-0.4, -0.2) is 24.1 Å². The van der Waals surface area contributed by atoms with Crippen LogP contribution in [0.4, 0.5) is 0 Å². The van der Waals surface area contributed by atoms with Crippen LogP contribution in [0, 0.1) is 11.8 Å². The van der Waals surface area contributed by atoms with Crippen molar-refractivity contribution in [1.82, 2.24) is 5.32 Å². The van der Waals surface area contributed by atoms with Gasteiger partial charge in [0.2, 0.25) is 0 Å². The highest BCUT2D eigenvalue weighted by Crippen LogP contribution is 2.44. The van der Waals surface area contributed by atoms with Gasteiger partial charge < -0.3 is 5.32 Å². The molecule has 2 heteroatoms. The van der Waals surface area contributed by atoms with Gasteiger partial charge in [0.05, 0.1) is 0 Å². The molecule has 2 bridgehead atoms. The molecule has 0 aromatic carbocycles. The Morgan fingerprint density at radius 1 is 1.29 bits per heavy atom. The van der Waals surface area contributed by atoms with Crippen LogP contribution in [0.2, 0.25) is 0 Å². The Morgan fingerprint density at radius 3 is 2.86 bits per heavy atom. The third kappa shape index (κ3) is 2.66. The van der Waals surface area contributed by atoms with E-state index < -0.39 is 0 Å². The number of fused-ring (bicyclic) bond motifs is 2. The Morgan fingerprint density at radius 2 is 2.21 bits per heavy atom. The molecule has 0 radical (unpaired) electrons. The van der Waals surface area contributed by atoms with Gasteiger partial charge in [0.25, 0.3) is 0 Å². The second-order valence-electron chi connectivity index (χ2n) is 4.79. The summed E-state index contributed by atoms with van der Waals surface area (Å²) in [5.41, 5.74) is 0. The summed E-state index contributed by atoms with van der Waals surface area (Å²) in [4.78, 5) is 0. The molecule has 1 N–H and O–H groups in total. The minimum atomic E-state index is 0.889. The molecular formula is C12H23NS. The Balaban J connectivity index is 1.54. The zero-order valence-electron chi connectivity index (χ0n) is 9.30. The molecule has 82 valence electrons. The summed E-state index contributed by atoms with van der Waals surface area (Å²) >= 11 is 2.07. The van der Waals surface area contributed by atoms with Crippen LogP contribution in [-0.2, 0) is 0 Å². The Bertz CT molecular complexity index is 172. The largest absolute Gasteiger partial charge is 0.314 e. The van der Waals surface area contributed by atoms with E-state index in [1.54, 1.807) is 0 Å². The maximum atomic E-state index is 3.76. The molecule has 0 heterocycles. The summed E-state index contributed by atoms with van der Waals surface area (Å²) in [6.07, 6.45) is 7.39. The van der Waals surface area contributed by atoms with Crippen molar-refractivity contribution in [2.75, 3.05) is 18.1 Å². The van der Waals surface area contributed by atoms with Crippen molar-refractivity contribution in [3.8, 4) is 0 Å². The van der Waals surface area contributed by atoms with Crippen molar-refractivity contribution in [1.29, 1.82) is 0 Å². The van der Waals surface area contributed by atoms with Gasteiger partial charge in [-0.2, -0.15) is 11.8 Å². The Kier molecular flexibility index (Phi) is 4.18. The van der Waals surface area contributed by atoms with Crippen LogP contribution in [0.15, 0.2) is 0 Å². The van der Waals surface area contributed by atoms with E-state index >= 15 is 0 Å². The van der Waals surface area contributed by atoms with Gasteiger partial charge in [-0.15, -0.1) is 0 Å². The SMILES string of the molecule is CCSCCCNC1CC2CCC1C2. The number of hydrogen-bond donors (Lipinski definition) is 1. The maximum absolute atomic E-state index is 3.76. The molecule has 2 saturated carbocycles. The molecule has 2 rings (SSSR count). The predicted octanol–water partition coefficient (Wildman–Crippen LogP) is 2.91. The van der Waals surface area contributed by atoms with Gasteiger partial charge in [-0.05, 0) is 55.6 Å². The fourth-order valence-corrected chi connectivity index (χ4v) is 3.74. The van der Waals surface area contributed by atoms with E-state index in [1.807, 2.05) is 0 Å². The van der Waals surface area contributed by atoms with Gasteiger partial charge in [0.15, 0.2) is 0 Å². The zero-order chi connectivity index (χ0) is 9.80. The molecule has 0 spiro atoms. The second kappa shape index (κ2) is 5.41. The molecule has 2 fully saturated rings. The van der Waals surface area contributed by atoms with Crippen LogP contribution in [0.25, 0.3) is 0 Å². The second-order valence-corrected chi connectivity index (χ2v) is 6.18.